The van der Waals surface area contributed by atoms with Gasteiger partial charge in [-0.2, -0.15) is 0 Å². The monoisotopic (exact) mass is 260 g/mol. The van der Waals surface area contributed by atoms with Crippen molar-refractivity contribution < 1.29 is 46.8 Å². The molecule has 0 saturated carbocycles. The Labute approximate surface area is 109 Å². The Bertz CT molecular complexity index is 88.2. The van der Waals surface area contributed by atoms with Gasteiger partial charge < -0.3 is 46.8 Å². The molecule has 16 heavy (non-hydrogen) atoms. The Balaban J connectivity index is -0.00000000872. The van der Waals surface area contributed by atoms with E-state index in [2.05, 4.69) is 0 Å². The summed E-state index contributed by atoms with van der Waals surface area (Å²) in [7, 11) is 0. The Morgan fingerprint density at radius 3 is 0.938 bits per heavy atom. The third-order valence-electron chi connectivity index (χ3n) is 0. The van der Waals surface area contributed by atoms with E-state index in [9.17, 15) is 0 Å². The van der Waals surface area contributed by atoms with E-state index in [1.54, 1.807) is 6.92 Å². The van der Waals surface area contributed by atoms with Crippen LogP contribution in [-0.2, 0) is 9.59 Å². The standard InChI is InChI=1S/2C2H4O2.C2H6O.Mg.4H2O/c2*1-2(3)4;1-2-3;;;;;/h2*1H3,(H,3,4);3H,2H2,1H3;;4*1H2/q;;;+2;;;;/p-2. The van der Waals surface area contributed by atoms with Gasteiger partial charge in [0.05, 0.1) is 0 Å². The van der Waals surface area contributed by atoms with Crippen LogP contribution in [0.1, 0.15) is 20.8 Å². The van der Waals surface area contributed by atoms with Gasteiger partial charge in [-0.3, -0.25) is 0 Å². The summed E-state index contributed by atoms with van der Waals surface area (Å²) in [6.07, 6.45) is 0. The minimum atomic E-state index is -1.08. The predicted molar refractivity (Wildman–Crippen MR) is 54.3 cm³/mol. The van der Waals surface area contributed by atoms with Crippen molar-refractivity contribution in [2.24, 2.45) is 0 Å². The van der Waals surface area contributed by atoms with Crippen LogP contribution >= 0.6 is 0 Å². The van der Waals surface area contributed by atoms with E-state index in [4.69, 9.17) is 24.9 Å². The number of aliphatic hydroxyl groups is 1. The third-order valence-corrected chi connectivity index (χ3v) is 0. The molecule has 0 heterocycles. The normalized spacial score (nSPS) is 4.25. The summed E-state index contributed by atoms with van der Waals surface area (Å²) >= 11 is 0. The zero-order valence-electron chi connectivity index (χ0n) is 9.49. The summed E-state index contributed by atoms with van der Waals surface area (Å²) in [6, 6.07) is 0. The van der Waals surface area contributed by atoms with E-state index < -0.39 is 11.9 Å². The van der Waals surface area contributed by atoms with Crippen molar-refractivity contribution in [3.63, 3.8) is 0 Å². The summed E-state index contributed by atoms with van der Waals surface area (Å²) in [6.45, 7) is 3.88. The molecule has 0 bridgehead atoms. The van der Waals surface area contributed by atoms with E-state index in [1.807, 2.05) is 0 Å². The predicted octanol–water partition coefficient (Wildman–Crippen LogP) is -6.17. The molecule has 0 saturated heterocycles. The average molecular weight is 261 g/mol. The fraction of sp³-hybridized carbons (Fsp3) is 0.667. The van der Waals surface area contributed by atoms with Gasteiger partial charge in [-0.1, -0.05) is 0 Å². The van der Waals surface area contributed by atoms with Crippen LogP contribution in [0.2, 0.25) is 0 Å². The Morgan fingerprint density at radius 1 is 0.938 bits per heavy atom. The molecule has 0 aliphatic carbocycles. The second kappa shape index (κ2) is 62.5. The number of hydrogen-bond acceptors (Lipinski definition) is 5. The fourth-order valence-electron chi connectivity index (χ4n) is 0. The Hall–Kier alpha value is -0.494. The van der Waals surface area contributed by atoms with Crippen molar-refractivity contribution in [2.45, 2.75) is 20.8 Å². The summed E-state index contributed by atoms with van der Waals surface area (Å²) in [5, 5.41) is 25.3. The van der Waals surface area contributed by atoms with Gasteiger partial charge in [0, 0.05) is 18.5 Å². The number of hydrogen-bond donors (Lipinski definition) is 1. The molecule has 0 spiro atoms. The van der Waals surface area contributed by atoms with Gasteiger partial charge in [0.1, 0.15) is 0 Å². The number of carboxylic acid groups (broad SMARTS) is 2. The Kier molecular flexibility index (Phi) is 226. The SMILES string of the molecule is CC(=O)[O-].CC(=O)[O-].CCO.O.O.O.O.[Mg+2]. The van der Waals surface area contributed by atoms with E-state index >= 15 is 0 Å². The summed E-state index contributed by atoms with van der Waals surface area (Å²) in [5.41, 5.74) is 0. The molecule has 0 radical (unpaired) electrons. The van der Waals surface area contributed by atoms with Crippen molar-refractivity contribution in [1.82, 2.24) is 0 Å². The molecule has 100 valence electrons. The van der Waals surface area contributed by atoms with Crippen molar-refractivity contribution in [3.05, 3.63) is 0 Å². The first kappa shape index (κ1) is 57.9. The minimum absolute atomic E-state index is 0. The van der Waals surface area contributed by atoms with Crippen molar-refractivity contribution in [3.8, 4) is 0 Å². The molecule has 0 unspecified atom stereocenters. The average Bonchev–Trinajstić information content (AvgIpc) is 1.60. The fourth-order valence-corrected chi connectivity index (χ4v) is 0. The molecule has 0 aromatic rings. The number of aliphatic hydroxyl groups excluding tert-OH is 1. The van der Waals surface area contributed by atoms with Gasteiger partial charge in [-0.25, -0.2) is 0 Å². The first-order valence-corrected chi connectivity index (χ1v) is 2.84. The molecule has 0 fully saturated rings. The van der Waals surface area contributed by atoms with Crippen molar-refractivity contribution >= 4 is 35.0 Å². The zero-order chi connectivity index (χ0) is 9.86. The molecule has 0 amide bonds. The molecular formula is C6H20MgO9. The van der Waals surface area contributed by atoms with E-state index in [0.717, 1.165) is 13.8 Å². The second-order valence-corrected chi connectivity index (χ2v) is 1.30. The minimum Gasteiger partial charge on any atom is -0.550 e. The largest absolute Gasteiger partial charge is 2.00 e. The molecule has 0 rings (SSSR count). The molecule has 0 aliphatic heterocycles. The molecule has 10 heteroatoms. The molecule has 0 atom stereocenters. The van der Waals surface area contributed by atoms with E-state index in [-0.39, 0.29) is 51.6 Å². The van der Waals surface area contributed by atoms with Gasteiger partial charge >= 0.3 is 23.1 Å². The van der Waals surface area contributed by atoms with Crippen LogP contribution in [0.5, 0.6) is 0 Å². The van der Waals surface area contributed by atoms with Crippen LogP contribution in [0.4, 0.5) is 0 Å². The number of carboxylic acids is 2. The topological polar surface area (TPSA) is 226 Å². The maximum atomic E-state index is 8.89. The summed E-state index contributed by atoms with van der Waals surface area (Å²) < 4.78 is 0. The maximum Gasteiger partial charge on any atom is 2.00 e. The summed E-state index contributed by atoms with van der Waals surface area (Å²) in [5.74, 6) is -2.17. The molecule has 0 aromatic heterocycles. The van der Waals surface area contributed by atoms with Crippen LogP contribution < -0.4 is 10.2 Å². The summed E-state index contributed by atoms with van der Waals surface area (Å²) in [4.78, 5) is 17.8. The number of carbonyl (C=O) groups is 2. The maximum absolute atomic E-state index is 8.89. The molecule has 9 nitrogen and oxygen atoms in total. The van der Waals surface area contributed by atoms with Crippen LogP contribution in [-0.4, -0.2) is 68.6 Å². The smallest absolute Gasteiger partial charge is 0.550 e. The zero-order valence-corrected chi connectivity index (χ0v) is 10.9. The third kappa shape index (κ3) is 8660. The van der Waals surface area contributed by atoms with Crippen molar-refractivity contribution in [1.29, 1.82) is 0 Å². The van der Waals surface area contributed by atoms with Crippen LogP contribution in [0.3, 0.4) is 0 Å². The van der Waals surface area contributed by atoms with Gasteiger partial charge in [0.2, 0.25) is 0 Å². The number of carbonyl (C=O) groups excluding carboxylic acids is 2. The van der Waals surface area contributed by atoms with Crippen molar-refractivity contribution in [2.75, 3.05) is 6.61 Å². The molecular weight excluding hydrogens is 240 g/mol. The molecule has 0 aromatic carbocycles. The number of rotatable bonds is 0. The van der Waals surface area contributed by atoms with Gasteiger partial charge in [-0.05, 0) is 20.8 Å². The van der Waals surface area contributed by atoms with Gasteiger partial charge in [0.15, 0.2) is 0 Å². The second-order valence-electron chi connectivity index (χ2n) is 1.30. The van der Waals surface area contributed by atoms with Gasteiger partial charge in [-0.15, -0.1) is 0 Å². The first-order valence-electron chi connectivity index (χ1n) is 2.84. The Morgan fingerprint density at radius 2 is 0.938 bits per heavy atom. The van der Waals surface area contributed by atoms with E-state index in [1.165, 1.54) is 0 Å². The first-order chi connectivity index (χ1) is 4.88. The van der Waals surface area contributed by atoms with Gasteiger partial charge in [0.25, 0.3) is 0 Å². The molecule has 9 N–H and O–H groups in total. The quantitative estimate of drug-likeness (QED) is 0.418. The van der Waals surface area contributed by atoms with Crippen LogP contribution in [0.25, 0.3) is 0 Å². The van der Waals surface area contributed by atoms with E-state index in [0.29, 0.717) is 0 Å². The van der Waals surface area contributed by atoms with Crippen LogP contribution in [0.15, 0.2) is 0 Å². The van der Waals surface area contributed by atoms with Crippen LogP contribution in [0, 0.1) is 0 Å². The molecule has 0 aliphatic rings. The number of aliphatic carboxylic acids is 2.